The van der Waals surface area contributed by atoms with E-state index in [1.807, 2.05) is 37.3 Å². The summed E-state index contributed by atoms with van der Waals surface area (Å²) in [6, 6.07) is 14.9. The van der Waals surface area contributed by atoms with Gasteiger partial charge in [-0.2, -0.15) is 0 Å². The zero-order valence-electron chi connectivity index (χ0n) is 16.4. The molecule has 8 nitrogen and oxygen atoms in total. The van der Waals surface area contributed by atoms with Crippen molar-refractivity contribution in [2.24, 2.45) is 5.73 Å². The van der Waals surface area contributed by atoms with Gasteiger partial charge in [0.25, 0.3) is 17.5 Å². The molecule has 0 aliphatic carbocycles. The summed E-state index contributed by atoms with van der Waals surface area (Å²) in [7, 11) is 0. The Bertz CT molecular complexity index is 1160. The van der Waals surface area contributed by atoms with Crippen LogP contribution in [0.5, 0.6) is 0 Å². The largest absolute Gasteiger partial charge is 0.365 e. The second-order valence-electron chi connectivity index (χ2n) is 6.59. The molecular formula is C21H18N4O4S2. The highest BCUT2D eigenvalue weighted by molar-refractivity contribution is 7.80. The number of hydrogen-bond acceptors (Lipinski definition) is 6. The van der Waals surface area contributed by atoms with Crippen LogP contribution in [0.4, 0.5) is 10.7 Å². The lowest BCUT2D eigenvalue weighted by molar-refractivity contribution is -0.384. The van der Waals surface area contributed by atoms with Gasteiger partial charge >= 0.3 is 0 Å². The van der Waals surface area contributed by atoms with Crippen LogP contribution >= 0.6 is 23.6 Å². The number of nitrogens with one attached hydrogen (secondary N) is 2. The summed E-state index contributed by atoms with van der Waals surface area (Å²) in [5.74, 6) is -1.13. The maximum absolute atomic E-state index is 12.4. The van der Waals surface area contributed by atoms with Crippen molar-refractivity contribution in [1.82, 2.24) is 5.32 Å². The number of nitrogens with zero attached hydrogens (tertiary/aromatic N) is 1. The molecule has 0 unspecified atom stereocenters. The summed E-state index contributed by atoms with van der Waals surface area (Å²) in [5, 5.41) is 16.5. The number of carbonyl (C=O) groups is 2. The molecule has 2 amide bonds. The number of primary amides is 1. The van der Waals surface area contributed by atoms with Crippen LogP contribution < -0.4 is 16.4 Å². The number of benzene rings is 2. The molecule has 31 heavy (non-hydrogen) atoms. The summed E-state index contributed by atoms with van der Waals surface area (Å²) in [6.45, 7) is 1.82. The highest BCUT2D eigenvalue weighted by Gasteiger charge is 2.21. The van der Waals surface area contributed by atoms with Gasteiger partial charge in [0.2, 0.25) is 0 Å². The standard InChI is InChI=1S/C21H18N4O4S2/c1-12-16(11-13-5-3-2-4-6-13)31-20(17(12)18(22)26)24-21(30)23-19(27)14-7-9-15(10-8-14)25(28)29/h2-10H,11H2,1H3,(H2,22,26)(H2,23,24,27,30). The van der Waals surface area contributed by atoms with Crippen molar-refractivity contribution in [3.05, 3.63) is 91.8 Å². The van der Waals surface area contributed by atoms with Gasteiger partial charge in [-0.15, -0.1) is 11.3 Å². The number of thiocarbonyl (C=S) groups is 1. The number of amides is 2. The van der Waals surface area contributed by atoms with Crippen molar-refractivity contribution >= 4 is 51.2 Å². The fraction of sp³-hybridized carbons (Fsp3) is 0.0952. The summed E-state index contributed by atoms with van der Waals surface area (Å²) >= 11 is 6.55. The lowest BCUT2D eigenvalue weighted by atomic mass is 10.1. The van der Waals surface area contributed by atoms with E-state index in [1.165, 1.54) is 35.6 Å². The molecule has 0 saturated heterocycles. The molecule has 0 aliphatic heterocycles. The quantitative estimate of drug-likeness (QED) is 0.295. The van der Waals surface area contributed by atoms with E-state index >= 15 is 0 Å². The summed E-state index contributed by atoms with van der Waals surface area (Å²) in [6.07, 6.45) is 0.626. The van der Waals surface area contributed by atoms with Crippen LogP contribution in [0.15, 0.2) is 54.6 Å². The molecule has 10 heteroatoms. The predicted octanol–water partition coefficient (Wildman–Crippen LogP) is 3.78. The molecule has 0 spiro atoms. The van der Waals surface area contributed by atoms with Crippen LogP contribution in [0.25, 0.3) is 0 Å². The van der Waals surface area contributed by atoms with Crippen molar-refractivity contribution in [3.8, 4) is 0 Å². The molecule has 0 radical (unpaired) electrons. The van der Waals surface area contributed by atoms with E-state index in [0.29, 0.717) is 17.0 Å². The molecular weight excluding hydrogens is 436 g/mol. The van der Waals surface area contributed by atoms with Crippen LogP contribution in [0.2, 0.25) is 0 Å². The fourth-order valence-corrected chi connectivity index (χ4v) is 4.45. The minimum atomic E-state index is -0.597. The Morgan fingerprint density at radius 1 is 1.13 bits per heavy atom. The summed E-state index contributed by atoms with van der Waals surface area (Å²) in [5.41, 5.74) is 7.82. The van der Waals surface area contributed by atoms with Crippen LogP contribution in [0.1, 0.15) is 36.7 Å². The van der Waals surface area contributed by atoms with E-state index in [-0.39, 0.29) is 16.4 Å². The molecule has 3 rings (SSSR count). The lowest BCUT2D eigenvalue weighted by Gasteiger charge is -2.09. The van der Waals surface area contributed by atoms with Crippen LogP contribution in [0, 0.1) is 17.0 Å². The van der Waals surface area contributed by atoms with E-state index in [9.17, 15) is 19.7 Å². The maximum atomic E-state index is 12.4. The number of rotatable bonds is 6. The summed E-state index contributed by atoms with van der Waals surface area (Å²) in [4.78, 5) is 35.5. The average molecular weight is 455 g/mol. The fourth-order valence-electron chi connectivity index (χ4n) is 2.94. The third-order valence-electron chi connectivity index (χ3n) is 4.49. The number of hydrogen-bond donors (Lipinski definition) is 3. The molecule has 1 aromatic heterocycles. The SMILES string of the molecule is Cc1c(Cc2ccccc2)sc(NC(=S)NC(=O)c2ccc([N+](=O)[O-])cc2)c1C(N)=O. The Morgan fingerprint density at radius 2 is 1.77 bits per heavy atom. The second kappa shape index (κ2) is 9.45. The van der Waals surface area contributed by atoms with Gasteiger partial charge in [0, 0.05) is 29.0 Å². The molecule has 0 bridgehead atoms. The number of anilines is 1. The van der Waals surface area contributed by atoms with Crippen molar-refractivity contribution in [2.75, 3.05) is 5.32 Å². The van der Waals surface area contributed by atoms with Gasteiger partial charge in [0.05, 0.1) is 10.5 Å². The molecule has 0 atom stereocenters. The molecule has 158 valence electrons. The van der Waals surface area contributed by atoms with Gasteiger partial charge in [-0.25, -0.2) is 0 Å². The molecule has 0 fully saturated rings. The third-order valence-corrected chi connectivity index (χ3v) is 5.91. The molecule has 3 aromatic rings. The highest BCUT2D eigenvalue weighted by Crippen LogP contribution is 2.34. The van der Waals surface area contributed by atoms with Crippen molar-refractivity contribution in [1.29, 1.82) is 0 Å². The molecule has 0 saturated carbocycles. The zero-order valence-corrected chi connectivity index (χ0v) is 18.0. The predicted molar refractivity (Wildman–Crippen MR) is 124 cm³/mol. The van der Waals surface area contributed by atoms with E-state index < -0.39 is 16.7 Å². The smallest absolute Gasteiger partial charge is 0.269 e. The Balaban J connectivity index is 1.75. The van der Waals surface area contributed by atoms with Gasteiger partial charge < -0.3 is 11.1 Å². The molecule has 1 heterocycles. The number of thiophene rings is 1. The van der Waals surface area contributed by atoms with Gasteiger partial charge in [-0.1, -0.05) is 30.3 Å². The first-order valence-corrected chi connectivity index (χ1v) is 10.3. The number of nitrogens with two attached hydrogens (primary N) is 1. The first kappa shape index (κ1) is 22.1. The van der Waals surface area contributed by atoms with E-state index in [0.717, 1.165) is 16.0 Å². The maximum Gasteiger partial charge on any atom is 0.269 e. The average Bonchev–Trinajstić information content (AvgIpc) is 3.03. The topological polar surface area (TPSA) is 127 Å². The third kappa shape index (κ3) is 5.30. The second-order valence-corrected chi connectivity index (χ2v) is 8.11. The van der Waals surface area contributed by atoms with Gasteiger partial charge in [0.15, 0.2) is 5.11 Å². The molecule has 4 N–H and O–H groups in total. The zero-order chi connectivity index (χ0) is 22.5. The van der Waals surface area contributed by atoms with Crippen LogP contribution in [0.3, 0.4) is 0 Å². The minimum Gasteiger partial charge on any atom is -0.365 e. The van der Waals surface area contributed by atoms with Crippen molar-refractivity contribution < 1.29 is 14.5 Å². The number of nitro benzene ring substituents is 1. The highest BCUT2D eigenvalue weighted by atomic mass is 32.1. The van der Waals surface area contributed by atoms with E-state index in [4.69, 9.17) is 18.0 Å². The molecule has 0 aliphatic rings. The number of nitro groups is 1. The van der Waals surface area contributed by atoms with Crippen molar-refractivity contribution in [3.63, 3.8) is 0 Å². The van der Waals surface area contributed by atoms with Gasteiger partial charge in [0.1, 0.15) is 5.00 Å². The van der Waals surface area contributed by atoms with Gasteiger partial charge in [-0.05, 0) is 42.4 Å². The first-order valence-electron chi connectivity index (χ1n) is 9.09. The van der Waals surface area contributed by atoms with E-state index in [1.54, 1.807) is 0 Å². The monoisotopic (exact) mass is 454 g/mol. The lowest BCUT2D eigenvalue weighted by Crippen LogP contribution is -2.34. The Kier molecular flexibility index (Phi) is 6.73. The van der Waals surface area contributed by atoms with Crippen LogP contribution in [-0.4, -0.2) is 21.9 Å². The normalized spacial score (nSPS) is 10.4. The van der Waals surface area contributed by atoms with Gasteiger partial charge in [-0.3, -0.25) is 25.0 Å². The first-order chi connectivity index (χ1) is 14.8. The Morgan fingerprint density at radius 3 is 2.35 bits per heavy atom. The number of carbonyl (C=O) groups excluding carboxylic acids is 2. The van der Waals surface area contributed by atoms with Crippen molar-refractivity contribution in [2.45, 2.75) is 13.3 Å². The Hall–Kier alpha value is -3.63. The van der Waals surface area contributed by atoms with E-state index in [2.05, 4.69) is 10.6 Å². The van der Waals surface area contributed by atoms with Crippen LogP contribution in [-0.2, 0) is 6.42 Å². The minimum absolute atomic E-state index is 0.0154. The molecule has 2 aromatic carbocycles. The summed E-state index contributed by atoms with van der Waals surface area (Å²) < 4.78 is 0. The Labute approximate surface area is 187 Å². The number of non-ortho nitro benzene ring substituents is 1.